The minimum absolute atomic E-state index is 0.146. The molecule has 0 aliphatic carbocycles. The Morgan fingerprint density at radius 2 is 1.76 bits per heavy atom. The Kier molecular flexibility index (Phi) is 9.31. The first-order valence-corrected chi connectivity index (χ1v) is 10.0. The number of halogens is 1. The fourth-order valence-electron chi connectivity index (χ4n) is 3.05. The van der Waals surface area contributed by atoms with E-state index in [1.807, 2.05) is 37.3 Å². The van der Waals surface area contributed by atoms with Gasteiger partial charge >= 0.3 is 0 Å². The molecule has 0 radical (unpaired) electrons. The van der Waals surface area contributed by atoms with Crippen molar-refractivity contribution in [1.82, 2.24) is 10.2 Å². The quantitative estimate of drug-likeness (QED) is 0.583. The monoisotopic (exact) mass is 400 g/mol. The molecule has 0 fully saturated rings. The van der Waals surface area contributed by atoms with Gasteiger partial charge in [-0.25, -0.2) is 4.39 Å². The number of nitrogens with zero attached hydrogens (tertiary/aromatic N) is 1. The SMILES string of the molecule is CCOCCCNC(=O)C(c1ccccc1)N(Cc1ccc(F)cc1)C(=O)CC. The molecular formula is C23H29FN2O3. The molecule has 2 aromatic carbocycles. The van der Waals surface area contributed by atoms with Gasteiger partial charge in [0.25, 0.3) is 0 Å². The molecule has 1 unspecified atom stereocenters. The van der Waals surface area contributed by atoms with Crippen LogP contribution in [0.25, 0.3) is 0 Å². The van der Waals surface area contributed by atoms with Crippen LogP contribution in [0.1, 0.15) is 43.9 Å². The normalized spacial score (nSPS) is 11.7. The van der Waals surface area contributed by atoms with Gasteiger partial charge in [0.2, 0.25) is 11.8 Å². The fraction of sp³-hybridized carbons (Fsp3) is 0.391. The highest BCUT2D eigenvalue weighted by Gasteiger charge is 2.30. The second-order valence-electron chi connectivity index (χ2n) is 6.66. The molecule has 0 aromatic heterocycles. The van der Waals surface area contributed by atoms with Crippen LogP contribution >= 0.6 is 0 Å². The summed E-state index contributed by atoms with van der Waals surface area (Å²) in [5, 5.41) is 2.92. The van der Waals surface area contributed by atoms with Crippen LogP contribution in [0.3, 0.4) is 0 Å². The summed E-state index contributed by atoms with van der Waals surface area (Å²) < 4.78 is 18.6. The van der Waals surface area contributed by atoms with Gasteiger partial charge in [-0.15, -0.1) is 0 Å². The maximum atomic E-state index is 13.3. The maximum Gasteiger partial charge on any atom is 0.247 e. The highest BCUT2D eigenvalue weighted by Crippen LogP contribution is 2.24. The van der Waals surface area contributed by atoms with E-state index < -0.39 is 6.04 Å². The first-order valence-electron chi connectivity index (χ1n) is 10.0. The van der Waals surface area contributed by atoms with Crippen LogP contribution in [0, 0.1) is 5.82 Å². The summed E-state index contributed by atoms with van der Waals surface area (Å²) in [6.07, 6.45) is 0.961. The van der Waals surface area contributed by atoms with Crippen molar-refractivity contribution in [3.8, 4) is 0 Å². The van der Waals surface area contributed by atoms with E-state index in [2.05, 4.69) is 5.32 Å². The van der Waals surface area contributed by atoms with Crippen molar-refractivity contribution in [3.05, 3.63) is 71.5 Å². The number of amides is 2. The van der Waals surface area contributed by atoms with Crippen molar-refractivity contribution in [1.29, 1.82) is 0 Å². The van der Waals surface area contributed by atoms with Crippen LogP contribution in [0.15, 0.2) is 54.6 Å². The Morgan fingerprint density at radius 3 is 2.38 bits per heavy atom. The molecule has 29 heavy (non-hydrogen) atoms. The highest BCUT2D eigenvalue weighted by molar-refractivity contribution is 5.88. The van der Waals surface area contributed by atoms with Crippen LogP contribution in [-0.4, -0.2) is 36.5 Å². The van der Waals surface area contributed by atoms with E-state index in [0.717, 1.165) is 11.1 Å². The van der Waals surface area contributed by atoms with Gasteiger partial charge in [-0.05, 0) is 36.6 Å². The molecule has 0 spiro atoms. The van der Waals surface area contributed by atoms with Crippen molar-refractivity contribution in [2.24, 2.45) is 0 Å². The summed E-state index contributed by atoms with van der Waals surface area (Å²) in [5.74, 6) is -0.724. The summed E-state index contributed by atoms with van der Waals surface area (Å²) in [5.41, 5.74) is 1.50. The molecule has 1 atom stereocenters. The summed E-state index contributed by atoms with van der Waals surface area (Å²) in [6.45, 7) is 5.58. The lowest BCUT2D eigenvalue weighted by atomic mass is 10.0. The zero-order valence-electron chi connectivity index (χ0n) is 17.1. The Labute approximate surface area is 171 Å². The van der Waals surface area contributed by atoms with Crippen molar-refractivity contribution in [2.75, 3.05) is 19.8 Å². The van der Waals surface area contributed by atoms with Gasteiger partial charge in [0.1, 0.15) is 11.9 Å². The second kappa shape index (κ2) is 12.0. The predicted octanol–water partition coefficient (Wildman–Crippen LogP) is 3.85. The largest absolute Gasteiger partial charge is 0.382 e. The lowest BCUT2D eigenvalue weighted by Gasteiger charge is -2.31. The Balaban J connectivity index is 2.25. The molecule has 0 bridgehead atoms. The van der Waals surface area contributed by atoms with Crippen LogP contribution < -0.4 is 5.32 Å². The van der Waals surface area contributed by atoms with E-state index in [9.17, 15) is 14.0 Å². The minimum Gasteiger partial charge on any atom is -0.382 e. The van der Waals surface area contributed by atoms with Gasteiger partial charge in [-0.3, -0.25) is 9.59 Å². The third-order valence-electron chi connectivity index (χ3n) is 4.53. The Morgan fingerprint density at radius 1 is 1.07 bits per heavy atom. The number of benzene rings is 2. The smallest absolute Gasteiger partial charge is 0.247 e. The molecule has 0 aliphatic rings. The number of nitrogens with one attached hydrogen (secondary N) is 1. The van der Waals surface area contributed by atoms with E-state index in [1.54, 1.807) is 24.0 Å². The maximum absolute atomic E-state index is 13.3. The van der Waals surface area contributed by atoms with Crippen molar-refractivity contribution in [2.45, 2.75) is 39.3 Å². The van der Waals surface area contributed by atoms with E-state index in [1.165, 1.54) is 12.1 Å². The summed E-state index contributed by atoms with van der Waals surface area (Å²) in [7, 11) is 0. The number of hydrogen-bond donors (Lipinski definition) is 1. The van der Waals surface area contributed by atoms with E-state index in [4.69, 9.17) is 4.74 Å². The summed E-state index contributed by atoms with van der Waals surface area (Å²) in [6, 6.07) is 14.4. The summed E-state index contributed by atoms with van der Waals surface area (Å²) in [4.78, 5) is 27.4. The lowest BCUT2D eigenvalue weighted by molar-refractivity contribution is -0.141. The van der Waals surface area contributed by atoms with Gasteiger partial charge < -0.3 is 15.0 Å². The molecule has 6 heteroatoms. The second-order valence-corrected chi connectivity index (χ2v) is 6.66. The average Bonchev–Trinajstić information content (AvgIpc) is 2.74. The van der Waals surface area contributed by atoms with Gasteiger partial charge in [0.05, 0.1) is 0 Å². The number of carbonyl (C=O) groups is 2. The minimum atomic E-state index is -0.763. The highest BCUT2D eigenvalue weighted by atomic mass is 19.1. The molecule has 2 aromatic rings. The molecular weight excluding hydrogens is 371 g/mol. The molecule has 2 amide bonds. The zero-order valence-corrected chi connectivity index (χ0v) is 17.1. The molecule has 156 valence electrons. The number of carbonyl (C=O) groups excluding carboxylic acids is 2. The molecule has 2 rings (SSSR count). The van der Waals surface area contributed by atoms with Crippen molar-refractivity contribution >= 4 is 11.8 Å². The predicted molar refractivity (Wildman–Crippen MR) is 111 cm³/mol. The summed E-state index contributed by atoms with van der Waals surface area (Å²) >= 11 is 0. The first kappa shape index (κ1) is 22.6. The van der Waals surface area contributed by atoms with Gasteiger partial charge in [0.15, 0.2) is 0 Å². The molecule has 0 saturated heterocycles. The number of hydrogen-bond acceptors (Lipinski definition) is 3. The van der Waals surface area contributed by atoms with E-state index in [-0.39, 0.29) is 30.6 Å². The molecule has 1 N–H and O–H groups in total. The lowest BCUT2D eigenvalue weighted by Crippen LogP contribution is -2.43. The van der Waals surface area contributed by atoms with Gasteiger partial charge in [0, 0.05) is 32.7 Å². The Hall–Kier alpha value is -2.73. The molecule has 0 heterocycles. The fourth-order valence-corrected chi connectivity index (χ4v) is 3.05. The Bertz CT molecular complexity index is 765. The number of rotatable bonds is 11. The van der Waals surface area contributed by atoms with Crippen LogP contribution in [-0.2, 0) is 20.9 Å². The standard InChI is InChI=1S/C23H29FN2O3/c1-3-21(27)26(17-18-11-13-20(24)14-12-18)22(19-9-6-5-7-10-19)23(28)25-15-8-16-29-4-2/h5-7,9-14,22H,3-4,8,15-17H2,1-2H3,(H,25,28). The molecule has 0 saturated carbocycles. The molecule has 5 nitrogen and oxygen atoms in total. The topological polar surface area (TPSA) is 58.6 Å². The molecule has 0 aliphatic heterocycles. The van der Waals surface area contributed by atoms with Crippen molar-refractivity contribution in [3.63, 3.8) is 0 Å². The van der Waals surface area contributed by atoms with Crippen LogP contribution in [0.5, 0.6) is 0 Å². The van der Waals surface area contributed by atoms with Crippen LogP contribution in [0.2, 0.25) is 0 Å². The zero-order chi connectivity index (χ0) is 21.1. The van der Waals surface area contributed by atoms with Gasteiger partial charge in [-0.2, -0.15) is 0 Å². The van der Waals surface area contributed by atoms with Crippen molar-refractivity contribution < 1.29 is 18.7 Å². The van der Waals surface area contributed by atoms with E-state index >= 15 is 0 Å². The van der Waals surface area contributed by atoms with E-state index in [0.29, 0.717) is 26.2 Å². The third kappa shape index (κ3) is 6.98. The average molecular weight is 400 g/mol. The first-order chi connectivity index (χ1) is 14.1. The number of ether oxygens (including phenoxy) is 1. The van der Waals surface area contributed by atoms with Crippen LogP contribution in [0.4, 0.5) is 4.39 Å². The van der Waals surface area contributed by atoms with Gasteiger partial charge in [-0.1, -0.05) is 49.4 Å². The third-order valence-corrected chi connectivity index (χ3v) is 4.53.